The molecule has 2 unspecified atom stereocenters. The van der Waals surface area contributed by atoms with E-state index < -0.39 is 5.54 Å². The number of fused-ring (bicyclic) bond motifs is 1. The number of carbonyl (C=O) groups excluding carboxylic acids is 1. The zero-order valence-electron chi connectivity index (χ0n) is 11.9. The van der Waals surface area contributed by atoms with Gasteiger partial charge in [-0.3, -0.25) is 5.32 Å². The summed E-state index contributed by atoms with van der Waals surface area (Å²) < 4.78 is 10.8. The molecule has 4 nitrogen and oxygen atoms in total. The molecule has 2 atom stereocenters. The summed E-state index contributed by atoms with van der Waals surface area (Å²) in [5.74, 6) is 0.487. The molecule has 1 aromatic rings. The molecule has 4 heteroatoms. The number of hydrogen-bond donors (Lipinski definition) is 1. The lowest BCUT2D eigenvalue weighted by Crippen LogP contribution is -2.59. The lowest BCUT2D eigenvalue weighted by atomic mass is 9.76. The third kappa shape index (κ3) is 2.21. The van der Waals surface area contributed by atoms with Crippen LogP contribution in [0.25, 0.3) is 0 Å². The van der Waals surface area contributed by atoms with Crippen molar-refractivity contribution in [1.29, 1.82) is 0 Å². The summed E-state index contributed by atoms with van der Waals surface area (Å²) in [5.41, 5.74) is 0.0203. The molecule has 1 aliphatic heterocycles. The van der Waals surface area contributed by atoms with Crippen LogP contribution in [0.3, 0.4) is 0 Å². The Labute approximate surface area is 114 Å². The highest BCUT2D eigenvalue weighted by molar-refractivity contribution is 5.84. The fourth-order valence-electron chi connectivity index (χ4n) is 2.73. The molecule has 1 N–H and O–H groups in total. The fourth-order valence-corrected chi connectivity index (χ4v) is 2.73. The van der Waals surface area contributed by atoms with E-state index in [2.05, 4.69) is 5.32 Å². The van der Waals surface area contributed by atoms with Crippen molar-refractivity contribution in [2.24, 2.45) is 5.92 Å². The average Bonchev–Trinajstić information content (AvgIpc) is 2.40. The Balaban J connectivity index is 2.60. The molecule has 0 radical (unpaired) electrons. The van der Waals surface area contributed by atoms with Gasteiger partial charge in [0.25, 0.3) is 0 Å². The minimum absolute atomic E-state index is 0.00255. The summed E-state index contributed by atoms with van der Waals surface area (Å²) in [5, 5.41) is 3.40. The lowest BCUT2D eigenvalue weighted by molar-refractivity contribution is -0.154. The molecule has 0 spiro atoms. The number of para-hydroxylation sites is 1. The number of ether oxygens (including phenoxy) is 2. The predicted molar refractivity (Wildman–Crippen MR) is 73.1 cm³/mol. The first-order valence-electron chi connectivity index (χ1n) is 6.60. The van der Waals surface area contributed by atoms with Crippen LogP contribution in [0, 0.1) is 5.92 Å². The van der Waals surface area contributed by atoms with Crippen LogP contribution in [-0.4, -0.2) is 25.7 Å². The van der Waals surface area contributed by atoms with Crippen molar-refractivity contribution in [3.05, 3.63) is 29.8 Å². The Morgan fingerprint density at radius 3 is 2.79 bits per heavy atom. The van der Waals surface area contributed by atoms with Gasteiger partial charge in [-0.25, -0.2) is 4.79 Å². The lowest BCUT2D eigenvalue weighted by Gasteiger charge is -2.43. The van der Waals surface area contributed by atoms with E-state index in [4.69, 9.17) is 9.47 Å². The van der Waals surface area contributed by atoms with Gasteiger partial charge in [0, 0.05) is 17.5 Å². The summed E-state index contributed by atoms with van der Waals surface area (Å²) in [7, 11) is 1.43. The van der Waals surface area contributed by atoms with Crippen LogP contribution >= 0.6 is 0 Å². The van der Waals surface area contributed by atoms with Gasteiger partial charge < -0.3 is 9.47 Å². The van der Waals surface area contributed by atoms with Crippen LogP contribution < -0.4 is 10.1 Å². The van der Waals surface area contributed by atoms with Crippen molar-refractivity contribution >= 4 is 5.97 Å². The first kappa shape index (κ1) is 13.9. The predicted octanol–water partition coefficient (Wildman–Crippen LogP) is 2.08. The number of carbonyl (C=O) groups is 1. The smallest absolute Gasteiger partial charge is 0.331 e. The monoisotopic (exact) mass is 263 g/mol. The topological polar surface area (TPSA) is 47.6 Å². The largest absolute Gasteiger partial charge is 0.493 e. The molecule has 1 heterocycles. The van der Waals surface area contributed by atoms with Crippen LogP contribution in [0.2, 0.25) is 0 Å². The molecule has 1 aromatic carbocycles. The fraction of sp³-hybridized carbons (Fsp3) is 0.533. The van der Waals surface area contributed by atoms with E-state index in [0.29, 0.717) is 6.61 Å². The molecule has 19 heavy (non-hydrogen) atoms. The van der Waals surface area contributed by atoms with Crippen LogP contribution in [0.4, 0.5) is 0 Å². The maximum Gasteiger partial charge on any atom is 0.331 e. The Bertz CT molecular complexity index is 472. The summed E-state index contributed by atoms with van der Waals surface area (Å²) >= 11 is 0. The molecule has 2 rings (SSSR count). The normalized spacial score (nSPS) is 25.6. The van der Waals surface area contributed by atoms with E-state index in [0.717, 1.165) is 11.3 Å². The highest BCUT2D eigenvalue weighted by Gasteiger charge is 2.50. The van der Waals surface area contributed by atoms with Gasteiger partial charge in [-0.15, -0.1) is 0 Å². The van der Waals surface area contributed by atoms with Crippen LogP contribution in [0.15, 0.2) is 24.3 Å². The summed E-state index contributed by atoms with van der Waals surface area (Å²) in [6.07, 6.45) is 0. The molecule has 0 saturated carbocycles. The summed E-state index contributed by atoms with van der Waals surface area (Å²) in [6.45, 7) is 6.54. The van der Waals surface area contributed by atoms with Gasteiger partial charge in [0.05, 0.1) is 13.7 Å². The third-order valence-corrected chi connectivity index (χ3v) is 3.56. The Morgan fingerprint density at radius 2 is 2.16 bits per heavy atom. The zero-order chi connectivity index (χ0) is 14.0. The molecule has 0 aromatic heterocycles. The standard InChI is InChI=1S/C15H21NO3/c1-10(2)16-15(14(17)18-4)11(3)9-19-13-8-6-5-7-12(13)15/h5-8,10-11,16H,9H2,1-4H3. The summed E-state index contributed by atoms with van der Waals surface area (Å²) in [6, 6.07) is 7.80. The number of nitrogens with one attached hydrogen (secondary N) is 1. The van der Waals surface area contributed by atoms with Gasteiger partial charge in [-0.1, -0.05) is 25.1 Å². The van der Waals surface area contributed by atoms with Gasteiger partial charge in [-0.05, 0) is 19.9 Å². The SMILES string of the molecule is COC(=O)C1(NC(C)C)c2ccccc2OCC1C. The summed E-state index contributed by atoms with van der Waals surface area (Å²) in [4.78, 5) is 12.5. The van der Waals surface area contributed by atoms with E-state index in [-0.39, 0.29) is 17.9 Å². The van der Waals surface area contributed by atoms with E-state index in [1.807, 2.05) is 45.0 Å². The minimum Gasteiger partial charge on any atom is -0.493 e. The van der Waals surface area contributed by atoms with Crippen molar-refractivity contribution in [1.82, 2.24) is 5.32 Å². The Kier molecular flexibility index (Phi) is 3.80. The van der Waals surface area contributed by atoms with E-state index in [9.17, 15) is 4.79 Å². The number of hydrogen-bond acceptors (Lipinski definition) is 4. The Hall–Kier alpha value is -1.55. The van der Waals surface area contributed by atoms with E-state index >= 15 is 0 Å². The molecular formula is C15H21NO3. The van der Waals surface area contributed by atoms with Crippen molar-refractivity contribution in [2.75, 3.05) is 13.7 Å². The second-order valence-corrected chi connectivity index (χ2v) is 5.31. The molecule has 0 fully saturated rings. The number of methoxy groups -OCH3 is 1. The maximum atomic E-state index is 12.5. The average molecular weight is 263 g/mol. The Morgan fingerprint density at radius 1 is 1.47 bits per heavy atom. The number of rotatable bonds is 3. The van der Waals surface area contributed by atoms with Crippen LogP contribution in [-0.2, 0) is 15.1 Å². The maximum absolute atomic E-state index is 12.5. The van der Waals surface area contributed by atoms with Gasteiger partial charge >= 0.3 is 5.97 Å². The molecular weight excluding hydrogens is 242 g/mol. The van der Waals surface area contributed by atoms with Crippen molar-refractivity contribution < 1.29 is 14.3 Å². The molecule has 0 aliphatic carbocycles. The quantitative estimate of drug-likeness (QED) is 0.848. The molecule has 0 saturated heterocycles. The van der Waals surface area contributed by atoms with Crippen molar-refractivity contribution in [3.8, 4) is 5.75 Å². The number of esters is 1. The second-order valence-electron chi connectivity index (χ2n) is 5.31. The van der Waals surface area contributed by atoms with Gasteiger partial charge in [-0.2, -0.15) is 0 Å². The van der Waals surface area contributed by atoms with Crippen LogP contribution in [0.1, 0.15) is 26.3 Å². The van der Waals surface area contributed by atoms with E-state index in [1.54, 1.807) is 0 Å². The van der Waals surface area contributed by atoms with E-state index in [1.165, 1.54) is 7.11 Å². The van der Waals surface area contributed by atoms with Gasteiger partial charge in [0.2, 0.25) is 0 Å². The van der Waals surface area contributed by atoms with Crippen LogP contribution in [0.5, 0.6) is 5.75 Å². The first-order valence-corrected chi connectivity index (χ1v) is 6.60. The number of benzene rings is 1. The highest BCUT2D eigenvalue weighted by Crippen LogP contribution is 2.41. The molecule has 1 aliphatic rings. The van der Waals surface area contributed by atoms with Crippen molar-refractivity contribution in [3.63, 3.8) is 0 Å². The first-order chi connectivity index (χ1) is 9.02. The highest BCUT2D eigenvalue weighted by atomic mass is 16.5. The minimum atomic E-state index is -0.836. The molecule has 0 bridgehead atoms. The van der Waals surface area contributed by atoms with Gasteiger partial charge in [0.1, 0.15) is 5.75 Å². The second kappa shape index (κ2) is 5.21. The van der Waals surface area contributed by atoms with Crippen molar-refractivity contribution in [2.45, 2.75) is 32.4 Å². The molecule has 0 amide bonds. The van der Waals surface area contributed by atoms with Gasteiger partial charge in [0.15, 0.2) is 5.54 Å². The third-order valence-electron chi connectivity index (χ3n) is 3.56. The molecule has 104 valence electrons. The zero-order valence-corrected chi connectivity index (χ0v) is 11.9.